The van der Waals surface area contributed by atoms with E-state index in [0.717, 1.165) is 22.1 Å². The minimum atomic E-state index is -0.154. The van der Waals surface area contributed by atoms with Crippen LogP contribution in [0.25, 0.3) is 9.88 Å². The van der Waals surface area contributed by atoms with E-state index in [0.29, 0.717) is 16.7 Å². The molecule has 1 amide bonds. The Morgan fingerprint density at radius 1 is 1.43 bits per heavy atom. The van der Waals surface area contributed by atoms with Crippen molar-refractivity contribution in [3.05, 3.63) is 40.5 Å². The molecule has 0 saturated heterocycles. The van der Waals surface area contributed by atoms with Crippen molar-refractivity contribution < 1.29 is 4.79 Å². The van der Waals surface area contributed by atoms with Crippen LogP contribution >= 0.6 is 22.7 Å². The molecule has 0 aliphatic rings. The number of aryl methyl sites for hydroxylation is 1. The van der Waals surface area contributed by atoms with Gasteiger partial charge in [-0.25, -0.2) is 9.97 Å². The maximum absolute atomic E-state index is 12.6. The SMILES string of the molecule is Cc1nc(-c2cccs2)sc1C(=O)Nc1nccn1CC(C)C. The Bertz CT molecular complexity index is 802. The number of rotatable bonds is 5. The van der Waals surface area contributed by atoms with E-state index in [1.54, 1.807) is 17.5 Å². The highest BCUT2D eigenvalue weighted by molar-refractivity contribution is 7.22. The summed E-state index contributed by atoms with van der Waals surface area (Å²) in [6, 6.07) is 4.00. The molecule has 0 atom stereocenters. The molecule has 0 aliphatic carbocycles. The van der Waals surface area contributed by atoms with Gasteiger partial charge >= 0.3 is 0 Å². The molecule has 0 fully saturated rings. The third-order valence-electron chi connectivity index (χ3n) is 3.24. The molecule has 3 rings (SSSR count). The fraction of sp³-hybridized carbons (Fsp3) is 0.312. The zero-order valence-corrected chi connectivity index (χ0v) is 14.9. The fourth-order valence-electron chi connectivity index (χ4n) is 2.25. The van der Waals surface area contributed by atoms with Crippen LogP contribution in [0, 0.1) is 12.8 Å². The molecular formula is C16H18N4OS2. The van der Waals surface area contributed by atoms with E-state index in [9.17, 15) is 4.79 Å². The lowest BCUT2D eigenvalue weighted by Crippen LogP contribution is -2.16. The van der Waals surface area contributed by atoms with Crippen LogP contribution in [-0.2, 0) is 6.54 Å². The van der Waals surface area contributed by atoms with Gasteiger partial charge in [0, 0.05) is 18.9 Å². The van der Waals surface area contributed by atoms with Crippen LogP contribution in [0.2, 0.25) is 0 Å². The van der Waals surface area contributed by atoms with Crippen molar-refractivity contribution in [2.24, 2.45) is 5.92 Å². The van der Waals surface area contributed by atoms with Crippen molar-refractivity contribution in [3.8, 4) is 9.88 Å². The Hall–Kier alpha value is -1.99. The van der Waals surface area contributed by atoms with E-state index in [1.807, 2.05) is 35.2 Å². The van der Waals surface area contributed by atoms with Crippen molar-refractivity contribution in [3.63, 3.8) is 0 Å². The molecule has 0 unspecified atom stereocenters. The standard InChI is InChI=1S/C16H18N4OS2/c1-10(2)9-20-7-6-17-16(20)19-14(21)13-11(3)18-15(23-13)12-5-4-8-22-12/h4-8,10H,9H2,1-3H3,(H,17,19,21). The van der Waals surface area contributed by atoms with Gasteiger partial charge in [-0.2, -0.15) is 0 Å². The zero-order valence-electron chi connectivity index (χ0n) is 13.2. The average Bonchev–Trinajstić information content (AvgIpc) is 3.19. The van der Waals surface area contributed by atoms with E-state index in [4.69, 9.17) is 0 Å². The van der Waals surface area contributed by atoms with Gasteiger partial charge in [-0.1, -0.05) is 19.9 Å². The topological polar surface area (TPSA) is 59.8 Å². The highest BCUT2D eigenvalue weighted by Gasteiger charge is 2.18. The number of carbonyl (C=O) groups excluding carboxylic acids is 1. The summed E-state index contributed by atoms with van der Waals surface area (Å²) in [5, 5.41) is 5.79. The smallest absolute Gasteiger partial charge is 0.269 e. The monoisotopic (exact) mass is 346 g/mol. The highest BCUT2D eigenvalue weighted by Crippen LogP contribution is 2.31. The second kappa shape index (κ2) is 6.64. The number of nitrogens with zero attached hydrogens (tertiary/aromatic N) is 3. The summed E-state index contributed by atoms with van der Waals surface area (Å²) in [5.74, 6) is 0.906. The quantitative estimate of drug-likeness (QED) is 0.750. The number of thiophene rings is 1. The maximum Gasteiger partial charge on any atom is 0.269 e. The van der Waals surface area contributed by atoms with Crippen LogP contribution in [-0.4, -0.2) is 20.4 Å². The first-order chi connectivity index (χ1) is 11.0. The van der Waals surface area contributed by atoms with Crippen molar-refractivity contribution in [1.29, 1.82) is 0 Å². The number of anilines is 1. The molecule has 0 radical (unpaired) electrons. The van der Waals surface area contributed by atoms with Gasteiger partial charge < -0.3 is 4.57 Å². The van der Waals surface area contributed by atoms with Crippen molar-refractivity contribution in [1.82, 2.24) is 14.5 Å². The summed E-state index contributed by atoms with van der Waals surface area (Å²) in [4.78, 5) is 23.0. The van der Waals surface area contributed by atoms with Gasteiger partial charge in [-0.05, 0) is 24.3 Å². The van der Waals surface area contributed by atoms with Gasteiger partial charge in [-0.3, -0.25) is 10.1 Å². The molecule has 120 valence electrons. The molecule has 3 heterocycles. The Morgan fingerprint density at radius 2 is 2.26 bits per heavy atom. The van der Waals surface area contributed by atoms with Crippen LogP contribution < -0.4 is 5.32 Å². The molecule has 1 N–H and O–H groups in total. The fourth-order valence-corrected chi connectivity index (χ4v) is 4.00. The Morgan fingerprint density at radius 3 is 2.96 bits per heavy atom. The van der Waals surface area contributed by atoms with Gasteiger partial charge in [0.2, 0.25) is 5.95 Å². The van der Waals surface area contributed by atoms with Gasteiger partial charge in [-0.15, -0.1) is 22.7 Å². The molecule has 0 aliphatic heterocycles. The van der Waals surface area contributed by atoms with Gasteiger partial charge in [0.15, 0.2) is 0 Å². The van der Waals surface area contributed by atoms with Gasteiger partial charge in [0.1, 0.15) is 9.88 Å². The number of aromatic nitrogens is 3. The summed E-state index contributed by atoms with van der Waals surface area (Å²) >= 11 is 3.04. The molecule has 0 bridgehead atoms. The Kier molecular flexibility index (Phi) is 4.58. The summed E-state index contributed by atoms with van der Waals surface area (Å²) < 4.78 is 1.96. The number of hydrogen-bond donors (Lipinski definition) is 1. The van der Waals surface area contributed by atoms with E-state index in [2.05, 4.69) is 29.1 Å². The average molecular weight is 346 g/mol. The van der Waals surface area contributed by atoms with Crippen LogP contribution in [0.5, 0.6) is 0 Å². The van der Waals surface area contributed by atoms with Crippen LogP contribution in [0.1, 0.15) is 29.2 Å². The lowest BCUT2D eigenvalue weighted by atomic mass is 10.2. The summed E-state index contributed by atoms with van der Waals surface area (Å²) in [6.45, 7) is 6.94. The molecule has 0 spiro atoms. The molecule has 3 aromatic rings. The first-order valence-electron chi connectivity index (χ1n) is 7.38. The number of thiazole rings is 1. The summed E-state index contributed by atoms with van der Waals surface area (Å²) in [5.41, 5.74) is 0.748. The minimum Gasteiger partial charge on any atom is -0.317 e. The number of hydrogen-bond acceptors (Lipinski definition) is 5. The predicted molar refractivity (Wildman–Crippen MR) is 95.2 cm³/mol. The Balaban J connectivity index is 1.80. The van der Waals surface area contributed by atoms with Gasteiger partial charge in [0.25, 0.3) is 5.91 Å². The number of nitrogens with one attached hydrogen (secondary N) is 1. The minimum absolute atomic E-state index is 0.154. The normalized spacial score (nSPS) is 11.1. The van der Waals surface area contributed by atoms with Crippen LogP contribution in [0.4, 0.5) is 5.95 Å². The van der Waals surface area contributed by atoms with Crippen molar-refractivity contribution in [2.45, 2.75) is 27.3 Å². The van der Waals surface area contributed by atoms with E-state index in [-0.39, 0.29) is 5.91 Å². The molecular weight excluding hydrogens is 328 g/mol. The third kappa shape index (κ3) is 3.51. The van der Waals surface area contributed by atoms with Crippen molar-refractivity contribution in [2.75, 3.05) is 5.32 Å². The van der Waals surface area contributed by atoms with Crippen LogP contribution in [0.15, 0.2) is 29.9 Å². The molecule has 0 aromatic carbocycles. The highest BCUT2D eigenvalue weighted by atomic mass is 32.1. The molecule has 23 heavy (non-hydrogen) atoms. The van der Waals surface area contributed by atoms with E-state index >= 15 is 0 Å². The maximum atomic E-state index is 12.6. The summed E-state index contributed by atoms with van der Waals surface area (Å²) in [7, 11) is 0. The van der Waals surface area contributed by atoms with E-state index in [1.165, 1.54) is 11.3 Å². The number of carbonyl (C=O) groups is 1. The van der Waals surface area contributed by atoms with E-state index < -0.39 is 0 Å². The number of amides is 1. The van der Waals surface area contributed by atoms with Crippen molar-refractivity contribution >= 4 is 34.5 Å². The lowest BCUT2D eigenvalue weighted by molar-refractivity contribution is 0.102. The lowest BCUT2D eigenvalue weighted by Gasteiger charge is -2.10. The third-order valence-corrected chi connectivity index (χ3v) is 5.43. The molecule has 0 saturated carbocycles. The van der Waals surface area contributed by atoms with Gasteiger partial charge in [0.05, 0.1) is 10.6 Å². The molecule has 7 heteroatoms. The second-order valence-corrected chi connectivity index (χ2v) is 7.61. The number of imidazole rings is 1. The predicted octanol–water partition coefficient (Wildman–Crippen LogP) is 4.28. The first-order valence-corrected chi connectivity index (χ1v) is 9.08. The largest absolute Gasteiger partial charge is 0.317 e. The Labute approximate surface area is 143 Å². The zero-order chi connectivity index (χ0) is 16.4. The van der Waals surface area contributed by atoms with Crippen LogP contribution in [0.3, 0.4) is 0 Å². The molecule has 3 aromatic heterocycles. The first kappa shape index (κ1) is 15.9. The second-order valence-electron chi connectivity index (χ2n) is 5.66. The summed E-state index contributed by atoms with van der Waals surface area (Å²) in [6.07, 6.45) is 3.58. The molecule has 5 nitrogen and oxygen atoms in total.